The second-order valence-corrected chi connectivity index (χ2v) is 13.8. The van der Waals surface area contributed by atoms with Crippen molar-refractivity contribution < 1.29 is 22.8 Å². The molecule has 3 aliphatic rings. The second kappa shape index (κ2) is 15.0. The van der Waals surface area contributed by atoms with Crippen molar-refractivity contribution in [3.05, 3.63) is 69.1 Å². The summed E-state index contributed by atoms with van der Waals surface area (Å²) < 4.78 is 43.4. The monoisotopic (exact) mass is 701 g/mol. The summed E-state index contributed by atoms with van der Waals surface area (Å²) in [5.74, 6) is -0.834. The Hall–Kier alpha value is -3.84. The number of piperidine rings is 2. The molecule has 10 nitrogen and oxygen atoms in total. The van der Waals surface area contributed by atoms with E-state index in [1.54, 1.807) is 9.80 Å². The number of anilines is 1. The topological polar surface area (TPSA) is 107 Å². The number of likely N-dealkylation sites (tertiary alicyclic amines) is 3. The number of carbonyl (C=O) groups excluding carboxylic acids is 2. The molecule has 0 spiro atoms. The van der Waals surface area contributed by atoms with Crippen molar-refractivity contribution in [1.29, 1.82) is 0 Å². The number of benzene rings is 2. The lowest BCUT2D eigenvalue weighted by atomic mass is 9.91. The van der Waals surface area contributed by atoms with E-state index in [1.807, 2.05) is 30.3 Å². The molecule has 0 radical (unpaired) electrons. The van der Waals surface area contributed by atoms with E-state index in [1.165, 1.54) is 30.6 Å². The lowest BCUT2D eigenvalue weighted by Gasteiger charge is -2.38. The minimum atomic E-state index is -4.66. The zero-order valence-electron chi connectivity index (χ0n) is 27.6. The quantitative estimate of drug-likeness (QED) is 0.308. The molecule has 264 valence electrons. The highest BCUT2D eigenvalue weighted by Crippen LogP contribution is 2.40. The Labute approximate surface area is 288 Å². The molecular formula is C35H43ClF3N7O3. The van der Waals surface area contributed by atoms with Crippen LogP contribution < -0.4 is 11.0 Å². The molecular weight excluding hydrogens is 659 g/mol. The molecule has 1 atom stereocenters. The van der Waals surface area contributed by atoms with Crippen molar-refractivity contribution in [2.75, 3.05) is 51.6 Å². The molecule has 49 heavy (non-hydrogen) atoms. The van der Waals surface area contributed by atoms with Crippen LogP contribution >= 0.6 is 11.6 Å². The highest BCUT2D eigenvalue weighted by atomic mass is 35.5. The van der Waals surface area contributed by atoms with Gasteiger partial charge in [-0.3, -0.25) is 14.6 Å². The number of rotatable bonds is 9. The summed E-state index contributed by atoms with van der Waals surface area (Å²) in [4.78, 5) is 49.3. The van der Waals surface area contributed by atoms with Gasteiger partial charge in [-0.05, 0) is 75.7 Å². The predicted molar refractivity (Wildman–Crippen MR) is 181 cm³/mol. The minimum absolute atomic E-state index is 0.0508. The SMILES string of the molecule is CNc1c(Cl)cc(C[C@@H](CC(=O)N2CCC(n3nc(-c4ccccc4)[nH]c3=O)CC2)C(=O)N2CCC(N3CCCC3)CC2)cc1C(F)(F)F. The molecule has 3 aromatic rings. The Morgan fingerprint density at radius 3 is 2.22 bits per heavy atom. The van der Waals surface area contributed by atoms with Gasteiger partial charge < -0.3 is 20.0 Å². The lowest BCUT2D eigenvalue weighted by Crippen LogP contribution is -2.48. The average Bonchev–Trinajstić information content (AvgIpc) is 3.78. The molecule has 0 aliphatic carbocycles. The highest BCUT2D eigenvalue weighted by Gasteiger charge is 2.37. The maximum atomic E-state index is 14.1. The van der Waals surface area contributed by atoms with E-state index in [9.17, 15) is 27.6 Å². The van der Waals surface area contributed by atoms with Crippen molar-refractivity contribution in [2.24, 2.45) is 5.92 Å². The third-order valence-corrected chi connectivity index (χ3v) is 10.5. The van der Waals surface area contributed by atoms with E-state index < -0.39 is 17.7 Å². The van der Waals surface area contributed by atoms with Crippen LogP contribution in [0.3, 0.4) is 0 Å². The van der Waals surface area contributed by atoms with Crippen molar-refractivity contribution in [2.45, 2.75) is 69.6 Å². The number of hydrogen-bond donors (Lipinski definition) is 2. The Morgan fingerprint density at radius 2 is 1.59 bits per heavy atom. The highest BCUT2D eigenvalue weighted by molar-refractivity contribution is 6.33. The van der Waals surface area contributed by atoms with Crippen LogP contribution in [0.2, 0.25) is 5.02 Å². The molecule has 0 saturated carbocycles. The molecule has 2 N–H and O–H groups in total. The van der Waals surface area contributed by atoms with E-state index in [0.29, 0.717) is 50.9 Å². The number of H-pyrrole nitrogens is 1. The van der Waals surface area contributed by atoms with Crippen molar-refractivity contribution >= 4 is 29.1 Å². The summed E-state index contributed by atoms with van der Waals surface area (Å²) >= 11 is 6.30. The molecule has 6 rings (SSSR count). The van der Waals surface area contributed by atoms with Crippen LogP contribution in [0.15, 0.2) is 47.3 Å². The zero-order valence-corrected chi connectivity index (χ0v) is 28.4. The molecule has 4 heterocycles. The van der Waals surface area contributed by atoms with Gasteiger partial charge in [-0.2, -0.15) is 13.2 Å². The normalized spacial score (nSPS) is 19.0. The molecule has 3 aliphatic heterocycles. The number of amides is 2. The van der Waals surface area contributed by atoms with Gasteiger partial charge in [-0.15, -0.1) is 5.10 Å². The van der Waals surface area contributed by atoms with Gasteiger partial charge >= 0.3 is 11.9 Å². The van der Waals surface area contributed by atoms with Crippen molar-refractivity contribution in [3.63, 3.8) is 0 Å². The van der Waals surface area contributed by atoms with Crippen LogP contribution in [-0.4, -0.2) is 93.6 Å². The zero-order chi connectivity index (χ0) is 34.7. The first-order valence-electron chi connectivity index (χ1n) is 17.1. The van der Waals surface area contributed by atoms with Crippen molar-refractivity contribution in [1.82, 2.24) is 29.5 Å². The third-order valence-electron chi connectivity index (χ3n) is 10.2. The molecule has 3 saturated heterocycles. The van der Waals surface area contributed by atoms with E-state index in [4.69, 9.17) is 11.6 Å². The average molecular weight is 702 g/mol. The van der Waals surface area contributed by atoms with E-state index in [2.05, 4.69) is 20.3 Å². The number of hydrogen-bond acceptors (Lipinski definition) is 6. The van der Waals surface area contributed by atoms with E-state index in [-0.39, 0.29) is 52.7 Å². The standard InChI is InChI=1S/C35H43ClF3N7O3/c1-40-31-28(35(37,38)39)20-23(21-29(31)36)19-25(33(48)45-17-9-26(10-18-45)43-13-5-6-14-43)22-30(47)44-15-11-27(12-16-44)46-34(49)41-32(42-46)24-7-3-2-4-8-24/h2-4,7-8,20-21,25-27,40H,5-6,9-19,22H2,1H3,(H,41,42,49)/t25-/m0/s1. The lowest BCUT2D eigenvalue weighted by molar-refractivity contribution is -0.143. The fourth-order valence-corrected chi connectivity index (χ4v) is 7.95. The van der Waals surface area contributed by atoms with E-state index >= 15 is 0 Å². The first-order chi connectivity index (χ1) is 23.5. The molecule has 1 aromatic heterocycles. The van der Waals surface area contributed by atoms with Crippen LogP contribution in [0.4, 0.5) is 18.9 Å². The molecule has 0 unspecified atom stereocenters. The summed E-state index contributed by atoms with van der Waals surface area (Å²) in [6, 6.07) is 12.0. The predicted octanol–water partition coefficient (Wildman–Crippen LogP) is 5.45. The van der Waals surface area contributed by atoms with Crippen LogP contribution in [0.1, 0.15) is 62.1 Å². The minimum Gasteiger partial charge on any atom is -0.386 e. The number of alkyl halides is 3. The first-order valence-corrected chi connectivity index (χ1v) is 17.5. The summed E-state index contributed by atoms with van der Waals surface area (Å²) in [7, 11) is 1.38. The summed E-state index contributed by atoms with van der Waals surface area (Å²) in [6.45, 7) is 3.97. The maximum Gasteiger partial charge on any atom is 0.418 e. The van der Waals surface area contributed by atoms with Crippen LogP contribution in [0.25, 0.3) is 11.4 Å². The summed E-state index contributed by atoms with van der Waals surface area (Å²) in [5.41, 5.74) is -0.404. The summed E-state index contributed by atoms with van der Waals surface area (Å²) in [6.07, 6.45) is 0.192. The number of aromatic amines is 1. The smallest absolute Gasteiger partial charge is 0.386 e. The fraction of sp³-hybridized carbons (Fsp3) is 0.543. The fourth-order valence-electron chi connectivity index (χ4n) is 7.62. The number of aromatic nitrogens is 3. The van der Waals surface area contributed by atoms with E-state index in [0.717, 1.165) is 37.6 Å². The number of nitrogens with one attached hydrogen (secondary N) is 2. The molecule has 14 heteroatoms. The number of nitrogens with zero attached hydrogens (tertiary/aromatic N) is 5. The number of halogens is 4. The molecule has 2 amide bonds. The van der Waals surface area contributed by atoms with Gasteiger partial charge in [0.05, 0.1) is 28.2 Å². The van der Waals surface area contributed by atoms with Gasteiger partial charge in [0.15, 0.2) is 5.82 Å². The molecule has 3 fully saturated rings. The Bertz CT molecular complexity index is 1670. The number of carbonyl (C=O) groups is 2. The first kappa shape index (κ1) is 35.0. The maximum absolute atomic E-state index is 14.1. The van der Waals surface area contributed by atoms with Gasteiger partial charge in [0, 0.05) is 51.3 Å². The van der Waals surface area contributed by atoms with Crippen LogP contribution in [-0.2, 0) is 22.2 Å². The van der Waals surface area contributed by atoms with Gasteiger partial charge in [0.2, 0.25) is 11.8 Å². The third kappa shape index (κ3) is 7.98. The van der Waals surface area contributed by atoms with Gasteiger partial charge in [-0.25, -0.2) is 9.48 Å². The second-order valence-electron chi connectivity index (χ2n) is 13.4. The van der Waals surface area contributed by atoms with Crippen LogP contribution in [0.5, 0.6) is 0 Å². The van der Waals surface area contributed by atoms with Crippen LogP contribution in [0, 0.1) is 5.92 Å². The van der Waals surface area contributed by atoms with Gasteiger partial charge in [0.25, 0.3) is 0 Å². The van der Waals surface area contributed by atoms with Gasteiger partial charge in [0.1, 0.15) is 0 Å². The van der Waals surface area contributed by atoms with Crippen molar-refractivity contribution in [3.8, 4) is 11.4 Å². The Morgan fingerprint density at radius 1 is 0.959 bits per heavy atom. The van der Waals surface area contributed by atoms with Gasteiger partial charge in [-0.1, -0.05) is 41.9 Å². The molecule has 2 aromatic carbocycles. The summed E-state index contributed by atoms with van der Waals surface area (Å²) in [5, 5.41) is 6.96. The Kier molecular flexibility index (Phi) is 10.7. The largest absolute Gasteiger partial charge is 0.418 e. The Balaban J connectivity index is 1.16. The molecule has 0 bridgehead atoms.